The smallest absolute Gasteiger partial charge is 0.410 e. The predicted octanol–water partition coefficient (Wildman–Crippen LogP) is 1.81. The molecular formula is C12H21NO4. The molecular weight excluding hydrogens is 222 g/mol. The van der Waals surface area contributed by atoms with Gasteiger partial charge in [-0.05, 0) is 25.7 Å². The van der Waals surface area contributed by atoms with E-state index in [9.17, 15) is 9.59 Å². The van der Waals surface area contributed by atoms with Crippen LogP contribution in [0.3, 0.4) is 0 Å². The van der Waals surface area contributed by atoms with Gasteiger partial charge in [-0.1, -0.05) is 13.8 Å². The predicted molar refractivity (Wildman–Crippen MR) is 62.5 cm³/mol. The second-order valence-electron chi connectivity index (χ2n) is 4.57. The molecule has 1 heterocycles. The van der Waals surface area contributed by atoms with Gasteiger partial charge in [0.15, 0.2) is 0 Å². The maximum absolute atomic E-state index is 11.8. The molecule has 98 valence electrons. The number of carbonyl (C=O) groups excluding carboxylic acids is 2. The van der Waals surface area contributed by atoms with Crippen molar-refractivity contribution < 1.29 is 19.1 Å². The molecule has 0 unspecified atom stereocenters. The number of rotatable bonds is 4. The lowest BCUT2D eigenvalue weighted by Gasteiger charge is -2.22. The molecule has 17 heavy (non-hydrogen) atoms. The number of nitrogens with zero attached hydrogens (tertiary/aromatic N) is 1. The minimum atomic E-state index is -0.465. The number of likely N-dealkylation sites (tertiary alicyclic amines) is 1. The van der Waals surface area contributed by atoms with Crippen LogP contribution in [-0.2, 0) is 14.3 Å². The van der Waals surface area contributed by atoms with E-state index in [1.54, 1.807) is 6.92 Å². The molecule has 5 nitrogen and oxygen atoms in total. The van der Waals surface area contributed by atoms with Gasteiger partial charge in [-0.15, -0.1) is 0 Å². The highest BCUT2D eigenvalue weighted by Gasteiger charge is 2.36. The maximum Gasteiger partial charge on any atom is 0.410 e. The number of ether oxygens (including phenoxy) is 2. The zero-order valence-electron chi connectivity index (χ0n) is 10.8. The molecule has 0 bridgehead atoms. The lowest BCUT2D eigenvalue weighted by atomic mass is 10.2. The highest BCUT2D eigenvalue weighted by atomic mass is 16.6. The summed E-state index contributed by atoms with van der Waals surface area (Å²) in [6, 6.07) is -0.465. The van der Waals surface area contributed by atoms with Crippen molar-refractivity contribution in [2.75, 3.05) is 19.8 Å². The van der Waals surface area contributed by atoms with Gasteiger partial charge in [0.2, 0.25) is 0 Å². The fourth-order valence-corrected chi connectivity index (χ4v) is 1.78. The Balaban J connectivity index is 2.50. The van der Waals surface area contributed by atoms with Gasteiger partial charge in [-0.25, -0.2) is 9.59 Å². The zero-order chi connectivity index (χ0) is 12.8. The van der Waals surface area contributed by atoms with E-state index in [0.717, 1.165) is 6.42 Å². The lowest BCUT2D eigenvalue weighted by molar-refractivity contribution is -0.149. The van der Waals surface area contributed by atoms with Crippen molar-refractivity contribution >= 4 is 12.1 Å². The summed E-state index contributed by atoms with van der Waals surface area (Å²) in [4.78, 5) is 24.9. The standard InChI is InChI=1S/C12H21NO4/c1-4-16-12(15)13-7-5-6-10(13)11(14)17-8-9(2)3/h9-10H,4-8H2,1-3H3/t10-/m0/s1. The number of hydrogen-bond acceptors (Lipinski definition) is 4. The van der Waals surface area contributed by atoms with Crippen LogP contribution in [0.15, 0.2) is 0 Å². The van der Waals surface area contributed by atoms with Gasteiger partial charge in [0, 0.05) is 6.54 Å². The fourth-order valence-electron chi connectivity index (χ4n) is 1.78. The minimum absolute atomic E-state index is 0.302. The summed E-state index contributed by atoms with van der Waals surface area (Å²) in [5.74, 6) is -0.0133. The molecule has 0 spiro atoms. The average Bonchev–Trinajstić information content (AvgIpc) is 2.75. The van der Waals surface area contributed by atoms with Crippen LogP contribution in [0.25, 0.3) is 0 Å². The van der Waals surface area contributed by atoms with Crippen LogP contribution in [0.2, 0.25) is 0 Å². The third-order valence-electron chi connectivity index (χ3n) is 2.59. The maximum atomic E-state index is 11.8. The van der Waals surface area contributed by atoms with Crippen LogP contribution >= 0.6 is 0 Å². The van der Waals surface area contributed by atoms with E-state index in [4.69, 9.17) is 9.47 Å². The van der Waals surface area contributed by atoms with Crippen LogP contribution in [-0.4, -0.2) is 42.8 Å². The summed E-state index contributed by atoms with van der Waals surface area (Å²) >= 11 is 0. The van der Waals surface area contributed by atoms with Crippen molar-refractivity contribution in [2.45, 2.75) is 39.7 Å². The van der Waals surface area contributed by atoms with Gasteiger partial charge in [0.1, 0.15) is 6.04 Å². The third-order valence-corrected chi connectivity index (χ3v) is 2.59. The number of amides is 1. The zero-order valence-corrected chi connectivity index (χ0v) is 10.8. The molecule has 1 atom stereocenters. The van der Waals surface area contributed by atoms with E-state index in [0.29, 0.717) is 32.1 Å². The van der Waals surface area contributed by atoms with Crippen LogP contribution in [0.5, 0.6) is 0 Å². The third kappa shape index (κ3) is 3.91. The van der Waals surface area contributed by atoms with Gasteiger partial charge < -0.3 is 9.47 Å². The van der Waals surface area contributed by atoms with Crippen LogP contribution in [0, 0.1) is 5.92 Å². The van der Waals surface area contributed by atoms with Crippen molar-refractivity contribution in [1.82, 2.24) is 4.90 Å². The second kappa shape index (κ2) is 6.47. The first-order valence-electron chi connectivity index (χ1n) is 6.16. The summed E-state index contributed by atoms with van der Waals surface area (Å²) in [5, 5.41) is 0. The molecule has 1 saturated heterocycles. The van der Waals surface area contributed by atoms with E-state index in [1.807, 2.05) is 13.8 Å². The number of carbonyl (C=O) groups is 2. The molecule has 0 aromatic heterocycles. The second-order valence-corrected chi connectivity index (χ2v) is 4.57. The Morgan fingerprint density at radius 1 is 1.35 bits per heavy atom. The monoisotopic (exact) mass is 243 g/mol. The van der Waals surface area contributed by atoms with Crippen molar-refractivity contribution in [3.05, 3.63) is 0 Å². The molecule has 1 rings (SSSR count). The van der Waals surface area contributed by atoms with Crippen LogP contribution in [0.4, 0.5) is 4.79 Å². The Bertz CT molecular complexity index is 278. The van der Waals surface area contributed by atoms with E-state index in [-0.39, 0.29) is 5.97 Å². The quantitative estimate of drug-likeness (QED) is 0.706. The SMILES string of the molecule is CCOC(=O)N1CCC[C@H]1C(=O)OCC(C)C. The Morgan fingerprint density at radius 2 is 2.06 bits per heavy atom. The van der Waals surface area contributed by atoms with Crippen molar-refractivity contribution in [1.29, 1.82) is 0 Å². The summed E-state index contributed by atoms with van der Waals surface area (Å²) in [5.41, 5.74) is 0. The first-order chi connectivity index (χ1) is 8.06. The molecule has 1 fully saturated rings. The summed E-state index contributed by atoms with van der Waals surface area (Å²) < 4.78 is 10.1. The minimum Gasteiger partial charge on any atom is -0.464 e. The van der Waals surface area contributed by atoms with Crippen LogP contribution in [0.1, 0.15) is 33.6 Å². The largest absolute Gasteiger partial charge is 0.464 e. The molecule has 0 N–H and O–H groups in total. The highest BCUT2D eigenvalue weighted by molar-refractivity contribution is 5.82. The van der Waals surface area contributed by atoms with Gasteiger partial charge in [0.25, 0.3) is 0 Å². The molecule has 0 saturated carbocycles. The van der Waals surface area contributed by atoms with Crippen molar-refractivity contribution in [3.8, 4) is 0 Å². The molecule has 0 radical (unpaired) electrons. The van der Waals surface area contributed by atoms with E-state index in [2.05, 4.69) is 0 Å². The van der Waals surface area contributed by atoms with E-state index >= 15 is 0 Å². The first-order valence-corrected chi connectivity index (χ1v) is 6.16. The topological polar surface area (TPSA) is 55.8 Å². The lowest BCUT2D eigenvalue weighted by Crippen LogP contribution is -2.42. The molecule has 5 heteroatoms. The van der Waals surface area contributed by atoms with Crippen molar-refractivity contribution in [2.24, 2.45) is 5.92 Å². The average molecular weight is 243 g/mol. The summed E-state index contributed by atoms with van der Waals surface area (Å²) in [6.45, 7) is 6.99. The fraction of sp³-hybridized carbons (Fsp3) is 0.833. The van der Waals surface area contributed by atoms with Gasteiger partial charge in [0.05, 0.1) is 13.2 Å². The van der Waals surface area contributed by atoms with Crippen molar-refractivity contribution in [3.63, 3.8) is 0 Å². The Labute approximate surface area is 102 Å². The summed E-state index contributed by atoms with van der Waals surface area (Å²) in [6.07, 6.45) is 1.06. The Morgan fingerprint density at radius 3 is 2.65 bits per heavy atom. The Kier molecular flexibility index (Phi) is 5.25. The Hall–Kier alpha value is -1.26. The molecule has 1 aliphatic rings. The molecule has 0 aliphatic carbocycles. The van der Waals surface area contributed by atoms with Crippen LogP contribution < -0.4 is 0 Å². The number of esters is 1. The first kappa shape index (κ1) is 13.8. The normalized spacial score (nSPS) is 19.5. The van der Waals surface area contributed by atoms with Gasteiger partial charge in [-0.3, -0.25) is 4.90 Å². The highest BCUT2D eigenvalue weighted by Crippen LogP contribution is 2.19. The van der Waals surface area contributed by atoms with E-state index in [1.165, 1.54) is 4.90 Å². The molecule has 0 aromatic rings. The summed E-state index contributed by atoms with van der Waals surface area (Å²) in [7, 11) is 0. The van der Waals surface area contributed by atoms with Gasteiger partial charge in [-0.2, -0.15) is 0 Å². The number of hydrogen-bond donors (Lipinski definition) is 0. The molecule has 1 aliphatic heterocycles. The molecule has 0 aromatic carbocycles. The van der Waals surface area contributed by atoms with E-state index < -0.39 is 12.1 Å². The van der Waals surface area contributed by atoms with Gasteiger partial charge >= 0.3 is 12.1 Å². The molecule has 1 amide bonds.